The van der Waals surface area contributed by atoms with Crippen LogP contribution in [-0.2, 0) is 12.6 Å². The first kappa shape index (κ1) is 20.3. The Morgan fingerprint density at radius 1 is 0.906 bits per heavy atom. The molecule has 1 N–H and O–H groups in total. The number of benzene rings is 3. The molecule has 0 aliphatic heterocycles. The van der Waals surface area contributed by atoms with Crippen molar-refractivity contribution >= 4 is 21.8 Å². The molecule has 0 amide bonds. The van der Waals surface area contributed by atoms with E-state index >= 15 is 0 Å². The molecule has 32 heavy (non-hydrogen) atoms. The molecule has 0 saturated heterocycles. The van der Waals surface area contributed by atoms with E-state index in [0.29, 0.717) is 27.5 Å². The van der Waals surface area contributed by atoms with Gasteiger partial charge in [-0.2, -0.15) is 18.3 Å². The molecule has 5 rings (SSSR count). The van der Waals surface area contributed by atoms with Gasteiger partial charge in [0, 0.05) is 35.1 Å². The van der Waals surface area contributed by atoms with Crippen molar-refractivity contribution in [1.82, 2.24) is 14.3 Å². The summed E-state index contributed by atoms with van der Waals surface area (Å²) in [4.78, 5) is 0. The van der Waals surface area contributed by atoms with Crippen LogP contribution in [0.5, 0.6) is 0 Å². The number of nitrogens with zero attached hydrogens (tertiary/aromatic N) is 3. The molecule has 0 saturated carbocycles. The zero-order valence-corrected chi connectivity index (χ0v) is 16.8. The average molecular weight is 439 g/mol. The van der Waals surface area contributed by atoms with Gasteiger partial charge in [0.15, 0.2) is 0 Å². The summed E-state index contributed by atoms with van der Waals surface area (Å²) in [5.74, 6) is -0.405. The van der Waals surface area contributed by atoms with E-state index in [9.17, 15) is 22.7 Å². The van der Waals surface area contributed by atoms with Crippen LogP contribution in [0.25, 0.3) is 27.5 Å². The Hall–Kier alpha value is -3.65. The minimum Gasteiger partial charge on any atom is -0.372 e. The van der Waals surface area contributed by atoms with E-state index < -0.39 is 17.6 Å². The second kappa shape index (κ2) is 6.93. The van der Waals surface area contributed by atoms with Gasteiger partial charge in [0.2, 0.25) is 5.60 Å². The molecule has 8 heteroatoms. The summed E-state index contributed by atoms with van der Waals surface area (Å²) in [6.45, 7) is 0. The average Bonchev–Trinajstić information content (AvgIpc) is 3.34. The fourth-order valence-corrected chi connectivity index (χ4v) is 4.15. The highest BCUT2D eigenvalue weighted by Crippen LogP contribution is 2.47. The molecule has 0 radical (unpaired) electrons. The van der Waals surface area contributed by atoms with E-state index in [1.807, 2.05) is 0 Å². The maximum atomic E-state index is 14.4. The molecular weight excluding hydrogens is 422 g/mol. The van der Waals surface area contributed by atoms with E-state index in [-0.39, 0.29) is 11.1 Å². The molecule has 0 spiro atoms. The van der Waals surface area contributed by atoms with Gasteiger partial charge in [0.05, 0.1) is 17.4 Å². The number of aromatic nitrogens is 3. The van der Waals surface area contributed by atoms with Gasteiger partial charge in [-0.15, -0.1) is 0 Å². The van der Waals surface area contributed by atoms with Crippen molar-refractivity contribution in [3.8, 4) is 5.69 Å². The number of halogens is 4. The van der Waals surface area contributed by atoms with Crippen molar-refractivity contribution in [3.05, 3.63) is 96.1 Å². The number of fused-ring (bicyclic) bond motifs is 2. The summed E-state index contributed by atoms with van der Waals surface area (Å²) in [6, 6.07) is 16.3. The van der Waals surface area contributed by atoms with Crippen molar-refractivity contribution in [2.45, 2.75) is 11.8 Å². The molecule has 0 fully saturated rings. The van der Waals surface area contributed by atoms with E-state index in [0.717, 1.165) is 0 Å². The normalized spacial score (nSPS) is 14.2. The first-order chi connectivity index (χ1) is 15.2. The number of alkyl halides is 3. The second-order valence-electron chi connectivity index (χ2n) is 7.69. The summed E-state index contributed by atoms with van der Waals surface area (Å²) in [5.41, 5.74) is -2.10. The van der Waals surface area contributed by atoms with Crippen LogP contribution in [0, 0.1) is 5.82 Å². The molecule has 1 atom stereocenters. The van der Waals surface area contributed by atoms with Gasteiger partial charge in [0.1, 0.15) is 5.82 Å². The van der Waals surface area contributed by atoms with Gasteiger partial charge in [-0.3, -0.25) is 0 Å². The number of rotatable bonds is 3. The summed E-state index contributed by atoms with van der Waals surface area (Å²) in [6.07, 6.45) is -2.25. The lowest BCUT2D eigenvalue weighted by molar-refractivity contribution is -0.247. The zero-order chi connectivity index (χ0) is 22.7. The monoisotopic (exact) mass is 439 g/mol. The van der Waals surface area contributed by atoms with Crippen LogP contribution in [0.3, 0.4) is 0 Å². The largest absolute Gasteiger partial charge is 0.425 e. The van der Waals surface area contributed by atoms with Crippen LogP contribution in [0.1, 0.15) is 11.1 Å². The van der Waals surface area contributed by atoms with Gasteiger partial charge in [-0.05, 0) is 48.0 Å². The van der Waals surface area contributed by atoms with Crippen LogP contribution in [0.2, 0.25) is 0 Å². The number of aliphatic hydroxyl groups is 1. The van der Waals surface area contributed by atoms with Crippen molar-refractivity contribution in [2.24, 2.45) is 7.05 Å². The highest BCUT2D eigenvalue weighted by Gasteiger charge is 2.57. The third-order valence-electron chi connectivity index (χ3n) is 5.75. The van der Waals surface area contributed by atoms with E-state index in [1.165, 1.54) is 59.5 Å². The Kier molecular flexibility index (Phi) is 4.39. The predicted molar refractivity (Wildman–Crippen MR) is 113 cm³/mol. The summed E-state index contributed by atoms with van der Waals surface area (Å²) < 4.78 is 59.5. The number of para-hydroxylation sites is 1. The Bertz CT molecular complexity index is 1450. The van der Waals surface area contributed by atoms with E-state index in [1.54, 1.807) is 35.9 Å². The summed E-state index contributed by atoms with van der Waals surface area (Å²) >= 11 is 0. The summed E-state index contributed by atoms with van der Waals surface area (Å²) in [7, 11) is 1.64. The van der Waals surface area contributed by atoms with Crippen LogP contribution in [-0.4, -0.2) is 25.6 Å². The van der Waals surface area contributed by atoms with Crippen molar-refractivity contribution in [3.63, 3.8) is 0 Å². The smallest absolute Gasteiger partial charge is 0.372 e. The van der Waals surface area contributed by atoms with E-state index in [4.69, 9.17) is 0 Å². The molecule has 4 nitrogen and oxygen atoms in total. The quantitative estimate of drug-likeness (QED) is 0.380. The maximum absolute atomic E-state index is 14.4. The summed E-state index contributed by atoms with van der Waals surface area (Å²) in [5, 5.41) is 16.2. The van der Waals surface area contributed by atoms with Gasteiger partial charge in [-0.1, -0.05) is 24.3 Å². The lowest BCUT2D eigenvalue weighted by atomic mass is 9.85. The van der Waals surface area contributed by atoms with E-state index in [2.05, 4.69) is 5.10 Å². The van der Waals surface area contributed by atoms with Gasteiger partial charge < -0.3 is 9.67 Å². The third-order valence-corrected chi connectivity index (χ3v) is 5.75. The zero-order valence-electron chi connectivity index (χ0n) is 16.8. The first-order valence-electron chi connectivity index (χ1n) is 9.78. The Balaban J connectivity index is 1.71. The van der Waals surface area contributed by atoms with Gasteiger partial charge in [-0.25, -0.2) is 9.07 Å². The molecule has 2 heterocycles. The number of hydrogen-bond donors (Lipinski definition) is 1. The molecule has 2 aromatic heterocycles. The van der Waals surface area contributed by atoms with Crippen molar-refractivity contribution in [2.75, 3.05) is 0 Å². The lowest BCUT2D eigenvalue weighted by Gasteiger charge is -2.31. The molecule has 0 aliphatic rings. The highest BCUT2D eigenvalue weighted by molar-refractivity contribution is 5.86. The molecule has 5 aromatic rings. The first-order valence-corrected chi connectivity index (χ1v) is 9.78. The second-order valence-corrected chi connectivity index (χ2v) is 7.69. The predicted octanol–water partition coefficient (Wildman–Crippen LogP) is 5.45. The SMILES string of the molecule is Cn1cc(C(O)(c2ccc3c(cnn3-c3ccc(F)cc3)c2)C(F)(F)F)c2ccccc21. The Labute approximate surface area is 179 Å². The minimum atomic E-state index is -4.97. The standard InChI is InChI=1S/C24H17F4N3O/c1-30-14-20(19-4-2-3-5-22(19)30)23(32,24(26,27)28)16-6-11-21-15(12-16)13-29-31(21)18-9-7-17(25)8-10-18/h2-14,32H,1H3. The van der Waals surface area contributed by atoms with Gasteiger partial charge in [0.25, 0.3) is 0 Å². The minimum absolute atomic E-state index is 0.242. The molecule has 1 unspecified atom stereocenters. The van der Waals surface area contributed by atoms with Crippen LogP contribution in [0.15, 0.2) is 79.1 Å². The maximum Gasteiger partial charge on any atom is 0.425 e. The van der Waals surface area contributed by atoms with Crippen LogP contribution >= 0.6 is 0 Å². The van der Waals surface area contributed by atoms with Crippen molar-refractivity contribution in [1.29, 1.82) is 0 Å². The van der Waals surface area contributed by atoms with Crippen molar-refractivity contribution < 1.29 is 22.7 Å². The fraction of sp³-hybridized carbons (Fsp3) is 0.125. The number of aryl methyl sites for hydroxylation is 1. The molecular formula is C24H17F4N3O. The Morgan fingerprint density at radius 2 is 1.62 bits per heavy atom. The number of hydrogen-bond acceptors (Lipinski definition) is 2. The lowest BCUT2D eigenvalue weighted by Crippen LogP contribution is -2.43. The topological polar surface area (TPSA) is 43.0 Å². The van der Waals surface area contributed by atoms with Crippen LogP contribution < -0.4 is 0 Å². The molecule has 3 aromatic carbocycles. The molecule has 0 aliphatic carbocycles. The molecule has 162 valence electrons. The van der Waals surface area contributed by atoms with Crippen LogP contribution in [0.4, 0.5) is 17.6 Å². The third kappa shape index (κ3) is 2.90. The fourth-order valence-electron chi connectivity index (χ4n) is 4.15. The van der Waals surface area contributed by atoms with Gasteiger partial charge >= 0.3 is 6.18 Å². The molecule has 0 bridgehead atoms. The Morgan fingerprint density at radius 3 is 2.34 bits per heavy atom. The highest BCUT2D eigenvalue weighted by atomic mass is 19.4.